The zero-order chi connectivity index (χ0) is 28.2. The number of carbonyl (C=O) groups is 2. The fourth-order valence-corrected chi connectivity index (χ4v) is 4.40. The molecule has 0 aliphatic carbocycles. The van der Waals surface area contributed by atoms with Crippen LogP contribution in [0, 0.1) is 0 Å². The van der Waals surface area contributed by atoms with Gasteiger partial charge in [-0.2, -0.15) is 5.10 Å². The van der Waals surface area contributed by atoms with Gasteiger partial charge in [0.1, 0.15) is 12.6 Å². The lowest BCUT2D eigenvalue weighted by Gasteiger charge is -2.19. The number of hydrogen-bond donors (Lipinski definition) is 2. The number of nitrogens with one attached hydrogen (secondary N) is 1. The molecule has 40 heavy (non-hydrogen) atoms. The van der Waals surface area contributed by atoms with Crippen LogP contribution in [0.5, 0.6) is 0 Å². The van der Waals surface area contributed by atoms with Crippen molar-refractivity contribution in [2.75, 3.05) is 5.32 Å². The maximum atomic E-state index is 13.4. The van der Waals surface area contributed by atoms with Crippen molar-refractivity contribution in [3.05, 3.63) is 106 Å². The summed E-state index contributed by atoms with van der Waals surface area (Å²) in [5.74, 6) is -1.58. The fourth-order valence-electron chi connectivity index (χ4n) is 4.10. The predicted molar refractivity (Wildman–Crippen MR) is 147 cm³/mol. The Bertz CT molecular complexity index is 1750. The van der Waals surface area contributed by atoms with Gasteiger partial charge < -0.3 is 10.4 Å². The number of rotatable bonds is 9. The molecular weight excluding hydrogens is 559 g/mol. The van der Waals surface area contributed by atoms with Gasteiger partial charge in [-0.25, -0.2) is 9.67 Å². The molecule has 2 N–H and O–H groups in total. The van der Waals surface area contributed by atoms with Crippen LogP contribution in [0.2, 0.25) is 10.2 Å². The Kier molecular flexibility index (Phi) is 7.71. The Morgan fingerprint density at radius 3 is 2.55 bits per heavy atom. The Balaban J connectivity index is 1.50. The molecule has 202 valence electrons. The highest BCUT2D eigenvalue weighted by molar-refractivity contribution is 6.31. The quantitative estimate of drug-likeness (QED) is 0.270. The third-order valence-electron chi connectivity index (χ3n) is 5.89. The van der Waals surface area contributed by atoms with Crippen molar-refractivity contribution < 1.29 is 14.7 Å². The zero-order valence-corrected chi connectivity index (χ0v) is 22.1. The number of carboxylic acids is 1. The largest absolute Gasteiger partial charge is 0.480 e. The molecule has 2 aromatic carbocycles. The van der Waals surface area contributed by atoms with Gasteiger partial charge >= 0.3 is 5.97 Å². The van der Waals surface area contributed by atoms with Crippen LogP contribution in [-0.2, 0) is 22.6 Å². The summed E-state index contributed by atoms with van der Waals surface area (Å²) in [6.07, 6.45) is 5.73. The van der Waals surface area contributed by atoms with Gasteiger partial charge in [0.05, 0.1) is 35.8 Å². The number of carbonyl (C=O) groups excluding carboxylic acids is 1. The molecule has 0 fully saturated rings. The van der Waals surface area contributed by atoms with E-state index in [4.69, 9.17) is 28.3 Å². The van der Waals surface area contributed by atoms with E-state index >= 15 is 0 Å². The van der Waals surface area contributed by atoms with Gasteiger partial charge in [0.2, 0.25) is 5.91 Å². The second-order valence-electron chi connectivity index (χ2n) is 8.68. The van der Waals surface area contributed by atoms with Crippen molar-refractivity contribution in [1.82, 2.24) is 34.3 Å². The van der Waals surface area contributed by atoms with E-state index in [-0.39, 0.29) is 23.8 Å². The number of halogens is 2. The van der Waals surface area contributed by atoms with E-state index in [9.17, 15) is 14.4 Å². The van der Waals surface area contributed by atoms with Crippen molar-refractivity contribution in [2.45, 2.75) is 19.0 Å². The number of hydrogen-bond acceptors (Lipinski definition) is 7. The van der Waals surface area contributed by atoms with Crippen molar-refractivity contribution in [3.8, 4) is 16.9 Å². The molecule has 5 aromatic rings. The minimum absolute atomic E-state index is 0.188. The number of nitrogens with zero attached hydrogens (tertiary/aromatic N) is 7. The molecule has 0 bridgehead atoms. The lowest BCUT2D eigenvalue weighted by Crippen LogP contribution is -2.34. The Hall–Kier alpha value is -4.81. The minimum Gasteiger partial charge on any atom is -0.480 e. The zero-order valence-electron chi connectivity index (χ0n) is 20.6. The number of amides is 1. The lowest BCUT2D eigenvalue weighted by atomic mass is 10.0. The van der Waals surface area contributed by atoms with Gasteiger partial charge in [-0.05, 0) is 23.8 Å². The smallest absolute Gasteiger partial charge is 0.325 e. The first-order valence-electron chi connectivity index (χ1n) is 11.8. The van der Waals surface area contributed by atoms with Crippen LogP contribution >= 0.6 is 23.2 Å². The summed E-state index contributed by atoms with van der Waals surface area (Å²) >= 11 is 12.2. The third kappa shape index (κ3) is 6.08. The topological polar surface area (TPSA) is 150 Å². The highest BCUT2D eigenvalue weighted by atomic mass is 35.5. The summed E-state index contributed by atoms with van der Waals surface area (Å²) < 4.78 is 3.86. The van der Waals surface area contributed by atoms with Gasteiger partial charge in [0.15, 0.2) is 5.15 Å². The number of anilines is 1. The highest BCUT2D eigenvalue weighted by Crippen LogP contribution is 2.28. The molecule has 3 heterocycles. The van der Waals surface area contributed by atoms with E-state index in [0.29, 0.717) is 22.0 Å². The molecular formula is C26H20Cl2N8O4. The van der Waals surface area contributed by atoms with E-state index in [1.807, 2.05) is 30.3 Å². The number of carboxylic acid groups (broad SMARTS) is 1. The van der Waals surface area contributed by atoms with Crippen molar-refractivity contribution in [3.63, 3.8) is 0 Å². The van der Waals surface area contributed by atoms with Crippen molar-refractivity contribution >= 4 is 40.8 Å². The van der Waals surface area contributed by atoms with Crippen LogP contribution in [0.4, 0.5) is 5.69 Å². The standard InChI is InChI=1S/C26H20Cl2N8O4/c27-17-6-7-21(36-13-23(28)32-33-36)19(9-17)20-10-24(37)35(15-29-20)22(8-16-4-2-1-3-5-16)26(40)31-18-11-30-34(12-18)14-25(38)39/h1-7,9-13,15,22H,8,14H2,(H,31,40)(H,38,39)/t22-/m0/s1. The Morgan fingerprint density at radius 1 is 1.05 bits per heavy atom. The predicted octanol–water partition coefficient (Wildman–Crippen LogP) is 3.50. The summed E-state index contributed by atoms with van der Waals surface area (Å²) in [5, 5.41) is 24.0. The van der Waals surface area contributed by atoms with Gasteiger partial charge in [-0.3, -0.25) is 23.6 Å². The first-order valence-corrected chi connectivity index (χ1v) is 12.6. The van der Waals surface area contributed by atoms with Crippen LogP contribution in [0.25, 0.3) is 16.9 Å². The highest BCUT2D eigenvalue weighted by Gasteiger charge is 2.24. The van der Waals surface area contributed by atoms with E-state index in [1.165, 1.54) is 44.9 Å². The Labute approximate surface area is 236 Å². The summed E-state index contributed by atoms with van der Waals surface area (Å²) in [6, 6.07) is 14.5. The second-order valence-corrected chi connectivity index (χ2v) is 9.51. The Morgan fingerprint density at radius 2 is 1.85 bits per heavy atom. The summed E-state index contributed by atoms with van der Waals surface area (Å²) in [4.78, 5) is 42.3. The second kappa shape index (κ2) is 11.5. The van der Waals surface area contributed by atoms with E-state index < -0.39 is 23.5 Å². The molecule has 5 rings (SSSR count). The molecule has 3 aromatic heterocycles. The average Bonchev–Trinajstić information content (AvgIpc) is 3.56. The third-order valence-corrected chi connectivity index (χ3v) is 6.30. The van der Waals surface area contributed by atoms with E-state index in [2.05, 4.69) is 25.7 Å². The molecule has 0 aliphatic rings. The van der Waals surface area contributed by atoms with Gasteiger partial charge in [0, 0.05) is 29.3 Å². The van der Waals surface area contributed by atoms with Crippen LogP contribution in [0.3, 0.4) is 0 Å². The van der Waals surface area contributed by atoms with Crippen molar-refractivity contribution in [2.24, 2.45) is 0 Å². The van der Waals surface area contributed by atoms with Crippen LogP contribution in [0.15, 0.2) is 84.3 Å². The summed E-state index contributed by atoms with van der Waals surface area (Å²) in [7, 11) is 0. The van der Waals surface area contributed by atoms with Crippen LogP contribution in [0.1, 0.15) is 11.6 Å². The molecule has 0 saturated carbocycles. The lowest BCUT2D eigenvalue weighted by molar-refractivity contribution is -0.137. The van der Waals surface area contributed by atoms with Crippen LogP contribution in [-0.4, -0.2) is 51.3 Å². The fraction of sp³-hybridized carbons (Fsp3) is 0.115. The maximum absolute atomic E-state index is 13.4. The molecule has 1 amide bonds. The summed E-state index contributed by atoms with van der Waals surface area (Å²) in [6.45, 7) is -0.361. The number of aromatic nitrogens is 7. The average molecular weight is 579 g/mol. The maximum Gasteiger partial charge on any atom is 0.325 e. The summed E-state index contributed by atoms with van der Waals surface area (Å²) in [5.41, 5.74) is 1.99. The molecule has 0 radical (unpaired) electrons. The molecule has 0 aliphatic heterocycles. The van der Waals surface area contributed by atoms with E-state index in [0.717, 1.165) is 5.56 Å². The number of aliphatic carboxylic acids is 1. The molecule has 1 atom stereocenters. The normalized spacial score (nSPS) is 11.8. The first-order chi connectivity index (χ1) is 19.3. The SMILES string of the molecule is O=C(O)Cn1cc(NC(=O)[C@H](Cc2ccccc2)n2cnc(-c3cc(Cl)ccc3-n3cc(Cl)nn3)cc2=O)cn1. The van der Waals surface area contributed by atoms with E-state index in [1.54, 1.807) is 18.2 Å². The molecule has 12 nitrogen and oxygen atoms in total. The molecule has 14 heteroatoms. The number of benzene rings is 2. The molecule has 0 saturated heterocycles. The van der Waals surface area contributed by atoms with Gasteiger partial charge in [0.25, 0.3) is 5.56 Å². The first kappa shape index (κ1) is 26.8. The van der Waals surface area contributed by atoms with Gasteiger partial charge in [-0.15, -0.1) is 5.10 Å². The van der Waals surface area contributed by atoms with Gasteiger partial charge in [-0.1, -0.05) is 58.7 Å². The molecule has 0 unspecified atom stereocenters. The minimum atomic E-state index is -1.07. The van der Waals surface area contributed by atoms with Crippen molar-refractivity contribution in [1.29, 1.82) is 0 Å². The van der Waals surface area contributed by atoms with Crippen LogP contribution < -0.4 is 10.9 Å². The molecule has 0 spiro atoms. The monoisotopic (exact) mass is 578 g/mol.